The lowest BCUT2D eigenvalue weighted by atomic mass is 9.90. The lowest BCUT2D eigenvalue weighted by Crippen LogP contribution is -2.33. The van der Waals surface area contributed by atoms with Gasteiger partial charge in [0.15, 0.2) is 0 Å². The number of rotatable bonds is 3. The van der Waals surface area contributed by atoms with Crippen molar-refractivity contribution in [3.05, 3.63) is 22.2 Å². The first-order chi connectivity index (χ1) is 10.1. The van der Waals surface area contributed by atoms with Crippen LogP contribution in [0.4, 0.5) is 0 Å². The summed E-state index contributed by atoms with van der Waals surface area (Å²) in [5.74, 6) is 1.90. The van der Waals surface area contributed by atoms with Crippen LogP contribution < -0.4 is 0 Å². The summed E-state index contributed by atoms with van der Waals surface area (Å²) >= 11 is 1.95. The van der Waals surface area contributed by atoms with E-state index in [9.17, 15) is 4.79 Å². The van der Waals surface area contributed by atoms with Gasteiger partial charge in [0.1, 0.15) is 4.83 Å². The molecular weight excluding hydrogens is 280 g/mol. The maximum absolute atomic E-state index is 11.0. The number of piperidine rings is 1. The molecular formula is C17H22N2OS. The molecule has 112 valence electrons. The van der Waals surface area contributed by atoms with Gasteiger partial charge in [0.05, 0.1) is 0 Å². The van der Waals surface area contributed by atoms with Crippen LogP contribution in [0.5, 0.6) is 0 Å². The van der Waals surface area contributed by atoms with Crippen molar-refractivity contribution in [2.45, 2.75) is 51.5 Å². The first-order valence-electron chi connectivity index (χ1n) is 7.91. The van der Waals surface area contributed by atoms with E-state index in [1.165, 1.54) is 27.8 Å². The minimum Gasteiger partial charge on any atom is -0.353 e. The van der Waals surface area contributed by atoms with Crippen LogP contribution in [0.3, 0.4) is 0 Å². The average molecular weight is 302 g/mol. The van der Waals surface area contributed by atoms with Crippen molar-refractivity contribution < 1.29 is 4.79 Å². The number of carbonyl (C=O) groups excluding carboxylic acids is 1. The van der Waals surface area contributed by atoms with E-state index in [1.54, 1.807) is 4.88 Å². The fourth-order valence-corrected chi connectivity index (χ4v) is 5.85. The molecule has 3 atom stereocenters. The largest absolute Gasteiger partial charge is 0.353 e. The Morgan fingerprint density at radius 1 is 1.43 bits per heavy atom. The molecule has 2 aliphatic rings. The Morgan fingerprint density at radius 3 is 2.86 bits per heavy atom. The van der Waals surface area contributed by atoms with Crippen LogP contribution >= 0.6 is 11.3 Å². The molecule has 4 rings (SSSR count). The molecule has 0 radical (unpaired) electrons. The van der Waals surface area contributed by atoms with Crippen LogP contribution in [0.25, 0.3) is 10.2 Å². The number of likely N-dealkylation sites (tertiary alicyclic amines) is 1. The molecule has 1 saturated carbocycles. The van der Waals surface area contributed by atoms with E-state index < -0.39 is 0 Å². The number of nitrogens with one attached hydrogen (secondary N) is 1. The van der Waals surface area contributed by atoms with Crippen LogP contribution in [-0.4, -0.2) is 28.9 Å². The van der Waals surface area contributed by atoms with Crippen molar-refractivity contribution in [3.63, 3.8) is 0 Å². The second kappa shape index (κ2) is 4.60. The molecule has 2 fully saturated rings. The summed E-state index contributed by atoms with van der Waals surface area (Å²) in [5, 5.41) is 1.46. The van der Waals surface area contributed by atoms with E-state index in [2.05, 4.69) is 32.0 Å². The summed E-state index contributed by atoms with van der Waals surface area (Å²) in [5.41, 5.74) is 2.93. The number of amides is 1. The molecule has 3 unspecified atom stereocenters. The molecule has 3 nitrogen and oxygen atoms in total. The standard InChI is InChI=1S/C17H22N2OS/c1-9(2)14-6-18-17-15(14)10(3)16(21-17)13-5-12-4-11(13)7-19(12)8-20/h6,8-9,11-13,18H,4-5,7H2,1-3H3. The molecule has 4 heteroatoms. The van der Waals surface area contributed by atoms with Crippen molar-refractivity contribution >= 4 is 28.0 Å². The summed E-state index contributed by atoms with van der Waals surface area (Å²) in [6.07, 6.45) is 5.58. The van der Waals surface area contributed by atoms with Gasteiger partial charge in [0, 0.05) is 35.0 Å². The zero-order valence-electron chi connectivity index (χ0n) is 12.8. The minimum absolute atomic E-state index is 0.488. The first kappa shape index (κ1) is 13.4. The summed E-state index contributed by atoms with van der Waals surface area (Å²) in [6.45, 7) is 7.77. The van der Waals surface area contributed by atoms with Gasteiger partial charge >= 0.3 is 0 Å². The number of carbonyl (C=O) groups is 1. The summed E-state index contributed by atoms with van der Waals surface area (Å²) in [6, 6.07) is 0.488. The van der Waals surface area contributed by atoms with Gasteiger partial charge in [-0.25, -0.2) is 0 Å². The van der Waals surface area contributed by atoms with E-state index in [4.69, 9.17) is 0 Å². The zero-order chi connectivity index (χ0) is 14.7. The van der Waals surface area contributed by atoms with E-state index in [0.717, 1.165) is 19.4 Å². The number of hydrogen-bond acceptors (Lipinski definition) is 2. The molecule has 2 aromatic heterocycles. The smallest absolute Gasteiger partial charge is 0.209 e. The molecule has 2 aromatic rings. The molecule has 21 heavy (non-hydrogen) atoms. The molecule has 1 amide bonds. The van der Waals surface area contributed by atoms with E-state index in [1.807, 2.05) is 16.2 Å². The quantitative estimate of drug-likeness (QED) is 0.855. The highest BCUT2D eigenvalue weighted by Gasteiger charge is 2.45. The third kappa shape index (κ3) is 1.81. The van der Waals surface area contributed by atoms with Gasteiger partial charge < -0.3 is 9.88 Å². The number of aromatic nitrogens is 1. The molecule has 1 saturated heterocycles. The van der Waals surface area contributed by atoms with Gasteiger partial charge in [-0.3, -0.25) is 4.79 Å². The van der Waals surface area contributed by atoms with Gasteiger partial charge in [0.2, 0.25) is 6.41 Å². The molecule has 1 N–H and O–H groups in total. The van der Waals surface area contributed by atoms with E-state index >= 15 is 0 Å². The lowest BCUT2D eigenvalue weighted by molar-refractivity contribution is -0.119. The number of fused-ring (bicyclic) bond motifs is 3. The second-order valence-corrected chi connectivity index (χ2v) is 8.04. The number of H-pyrrole nitrogens is 1. The van der Waals surface area contributed by atoms with E-state index in [-0.39, 0.29) is 0 Å². The average Bonchev–Trinajstić information content (AvgIpc) is 3.18. The van der Waals surface area contributed by atoms with Gasteiger partial charge in [-0.15, -0.1) is 11.3 Å². The second-order valence-electron chi connectivity index (χ2n) is 6.99. The van der Waals surface area contributed by atoms with Gasteiger partial charge in [-0.1, -0.05) is 13.8 Å². The predicted octanol–water partition coefficient (Wildman–Crippen LogP) is 4.00. The molecule has 0 spiro atoms. The number of aromatic amines is 1. The monoisotopic (exact) mass is 302 g/mol. The summed E-state index contributed by atoms with van der Waals surface area (Å²) in [4.78, 5) is 19.4. The lowest BCUT2D eigenvalue weighted by Gasteiger charge is -2.28. The van der Waals surface area contributed by atoms with Crippen LogP contribution in [0.2, 0.25) is 0 Å². The Labute approximate surface area is 129 Å². The SMILES string of the molecule is Cc1c(C2CC3CC2CN3C=O)sc2[nH]cc(C(C)C)c12. The van der Waals surface area contributed by atoms with Crippen molar-refractivity contribution in [3.8, 4) is 0 Å². The van der Waals surface area contributed by atoms with Gasteiger partial charge in [0.25, 0.3) is 0 Å². The highest BCUT2D eigenvalue weighted by molar-refractivity contribution is 7.19. The molecule has 2 bridgehead atoms. The Bertz CT molecular complexity index is 699. The third-order valence-corrected chi connectivity index (χ3v) is 6.86. The fourth-order valence-electron chi connectivity index (χ4n) is 4.44. The number of aryl methyl sites for hydroxylation is 1. The van der Waals surface area contributed by atoms with Crippen LogP contribution in [0.15, 0.2) is 6.20 Å². The van der Waals surface area contributed by atoms with Crippen molar-refractivity contribution in [1.82, 2.24) is 9.88 Å². The summed E-state index contributed by atoms with van der Waals surface area (Å²) < 4.78 is 0. The molecule has 0 aromatic carbocycles. The van der Waals surface area contributed by atoms with Crippen molar-refractivity contribution in [1.29, 1.82) is 0 Å². The normalized spacial score (nSPS) is 28.2. The molecule has 3 heterocycles. The zero-order valence-corrected chi connectivity index (χ0v) is 13.7. The Kier molecular flexibility index (Phi) is 2.93. The Hall–Kier alpha value is -1.29. The first-order valence-corrected chi connectivity index (χ1v) is 8.73. The Balaban J connectivity index is 1.73. The predicted molar refractivity (Wildman–Crippen MR) is 87.0 cm³/mol. The fraction of sp³-hybridized carbons (Fsp3) is 0.588. The summed E-state index contributed by atoms with van der Waals surface area (Å²) in [7, 11) is 0. The Morgan fingerprint density at radius 2 is 2.24 bits per heavy atom. The highest BCUT2D eigenvalue weighted by atomic mass is 32.1. The number of nitrogens with zero attached hydrogens (tertiary/aromatic N) is 1. The number of thiophene rings is 1. The van der Waals surface area contributed by atoms with Crippen LogP contribution in [-0.2, 0) is 4.79 Å². The molecule has 1 aliphatic heterocycles. The maximum atomic E-state index is 11.0. The van der Waals surface area contributed by atoms with Gasteiger partial charge in [-0.05, 0) is 42.7 Å². The third-order valence-electron chi connectivity index (χ3n) is 5.51. The van der Waals surface area contributed by atoms with Crippen LogP contribution in [0.1, 0.15) is 54.5 Å². The highest BCUT2D eigenvalue weighted by Crippen LogP contribution is 2.51. The minimum atomic E-state index is 0.488. The van der Waals surface area contributed by atoms with Crippen LogP contribution in [0, 0.1) is 12.8 Å². The topological polar surface area (TPSA) is 36.1 Å². The van der Waals surface area contributed by atoms with Gasteiger partial charge in [-0.2, -0.15) is 0 Å². The van der Waals surface area contributed by atoms with Crippen molar-refractivity contribution in [2.75, 3.05) is 6.54 Å². The maximum Gasteiger partial charge on any atom is 0.209 e. The number of hydrogen-bond donors (Lipinski definition) is 1. The molecule has 1 aliphatic carbocycles. The van der Waals surface area contributed by atoms with E-state index in [0.29, 0.717) is 23.8 Å². The van der Waals surface area contributed by atoms with Crippen molar-refractivity contribution in [2.24, 2.45) is 5.92 Å².